The molecule has 1 amide bonds. The summed E-state index contributed by atoms with van der Waals surface area (Å²) in [5, 5.41) is 2.59. The summed E-state index contributed by atoms with van der Waals surface area (Å²) in [6.45, 7) is 12.2. The molecule has 138 valence electrons. The van der Waals surface area contributed by atoms with Crippen LogP contribution in [0.3, 0.4) is 0 Å². The van der Waals surface area contributed by atoms with E-state index in [9.17, 15) is 14.4 Å². The number of esters is 2. The van der Waals surface area contributed by atoms with Crippen LogP contribution in [0.4, 0.5) is 4.79 Å². The van der Waals surface area contributed by atoms with Gasteiger partial charge in [0.05, 0.1) is 25.5 Å². The van der Waals surface area contributed by atoms with Crippen molar-refractivity contribution in [2.45, 2.75) is 77.0 Å². The second kappa shape index (κ2) is 8.00. The Kier molecular flexibility index (Phi) is 6.83. The van der Waals surface area contributed by atoms with Crippen molar-refractivity contribution in [3.05, 3.63) is 0 Å². The molecule has 1 aliphatic rings. The number of nitrogens with one attached hydrogen (secondary N) is 1. The molecule has 0 spiro atoms. The van der Waals surface area contributed by atoms with E-state index < -0.39 is 43.9 Å². The summed E-state index contributed by atoms with van der Waals surface area (Å²) < 4.78 is 15.5. The molecule has 1 heterocycles. The van der Waals surface area contributed by atoms with Gasteiger partial charge in [-0.2, -0.15) is 0 Å². The van der Waals surface area contributed by atoms with Gasteiger partial charge in [0.15, 0.2) is 0 Å². The predicted molar refractivity (Wildman–Crippen MR) is 91.4 cm³/mol. The summed E-state index contributed by atoms with van der Waals surface area (Å²) in [7, 11) is -1.27. The molecular formula is C16H29NO6Si. The van der Waals surface area contributed by atoms with E-state index in [0.717, 1.165) is 6.04 Å². The highest BCUT2D eigenvalue weighted by molar-refractivity contribution is 6.76. The zero-order valence-electron chi connectivity index (χ0n) is 15.4. The quantitative estimate of drug-likeness (QED) is 0.445. The summed E-state index contributed by atoms with van der Waals surface area (Å²) in [6, 6.07) is 0.292. The number of rotatable bonds is 6. The van der Waals surface area contributed by atoms with Gasteiger partial charge >= 0.3 is 18.0 Å². The van der Waals surface area contributed by atoms with Crippen molar-refractivity contribution in [3.63, 3.8) is 0 Å². The number of ether oxygens (including phenoxy) is 3. The van der Waals surface area contributed by atoms with E-state index in [1.807, 2.05) is 0 Å². The lowest BCUT2D eigenvalue weighted by atomic mass is 10.1. The topological polar surface area (TPSA) is 90.9 Å². The molecule has 0 saturated carbocycles. The number of hydrogen-bond acceptors (Lipinski definition) is 6. The van der Waals surface area contributed by atoms with E-state index in [4.69, 9.17) is 14.2 Å². The molecule has 0 aromatic heterocycles. The molecule has 7 nitrogen and oxygen atoms in total. The lowest BCUT2D eigenvalue weighted by molar-refractivity contribution is -0.149. The highest BCUT2D eigenvalue weighted by Gasteiger charge is 2.38. The number of amides is 1. The molecule has 8 heteroatoms. The number of cyclic esters (lactones) is 1. The van der Waals surface area contributed by atoms with Crippen LogP contribution in [0.2, 0.25) is 25.7 Å². The Labute approximate surface area is 144 Å². The van der Waals surface area contributed by atoms with Gasteiger partial charge in [0.1, 0.15) is 11.7 Å². The van der Waals surface area contributed by atoms with Crippen molar-refractivity contribution < 1.29 is 28.6 Å². The van der Waals surface area contributed by atoms with Gasteiger partial charge in [-0.1, -0.05) is 19.6 Å². The van der Waals surface area contributed by atoms with Crippen molar-refractivity contribution in [2.24, 2.45) is 0 Å². The summed E-state index contributed by atoms with van der Waals surface area (Å²) in [5.41, 5.74) is -0.640. The fraction of sp³-hybridized carbons (Fsp3) is 0.812. The van der Waals surface area contributed by atoms with Crippen LogP contribution < -0.4 is 5.32 Å². The Morgan fingerprint density at radius 1 is 1.29 bits per heavy atom. The molecule has 1 rings (SSSR count). The maximum atomic E-state index is 11.9. The SMILES string of the molecule is CC(C)(C)OC(=O)N[C@H]1CC(=O)OC1CC(=O)OCC[Si](C)(C)C. The molecule has 0 aromatic carbocycles. The van der Waals surface area contributed by atoms with E-state index >= 15 is 0 Å². The van der Waals surface area contributed by atoms with Crippen molar-refractivity contribution in [1.29, 1.82) is 0 Å². The molecule has 0 aliphatic carbocycles. The fourth-order valence-electron chi connectivity index (χ4n) is 2.09. The van der Waals surface area contributed by atoms with Crippen LogP contribution in [-0.2, 0) is 23.8 Å². The summed E-state index contributed by atoms with van der Waals surface area (Å²) >= 11 is 0. The van der Waals surface area contributed by atoms with Crippen molar-refractivity contribution in [2.75, 3.05) is 6.61 Å². The van der Waals surface area contributed by atoms with E-state index in [1.54, 1.807) is 20.8 Å². The van der Waals surface area contributed by atoms with Crippen LogP contribution >= 0.6 is 0 Å². The van der Waals surface area contributed by atoms with Gasteiger partial charge in [-0.05, 0) is 26.8 Å². The Morgan fingerprint density at radius 3 is 2.46 bits per heavy atom. The van der Waals surface area contributed by atoms with Gasteiger partial charge in [-0.15, -0.1) is 0 Å². The monoisotopic (exact) mass is 359 g/mol. The summed E-state index contributed by atoms with van der Waals surface area (Å²) in [6.07, 6.45) is -1.41. The molecule has 0 radical (unpaired) electrons. The second-order valence-corrected chi connectivity index (χ2v) is 13.8. The largest absolute Gasteiger partial charge is 0.466 e. The van der Waals surface area contributed by atoms with E-state index in [-0.39, 0.29) is 12.8 Å². The van der Waals surface area contributed by atoms with E-state index in [1.165, 1.54) is 0 Å². The van der Waals surface area contributed by atoms with Crippen LogP contribution in [0.15, 0.2) is 0 Å². The number of alkyl carbamates (subject to hydrolysis) is 1. The Bertz CT molecular complexity index is 480. The molecule has 1 fully saturated rings. The molecule has 2 atom stereocenters. The first-order valence-electron chi connectivity index (χ1n) is 8.20. The lowest BCUT2D eigenvalue weighted by Crippen LogP contribution is -2.44. The fourth-order valence-corrected chi connectivity index (χ4v) is 2.81. The predicted octanol–water partition coefficient (Wildman–Crippen LogP) is 2.47. The standard InChI is InChI=1S/C16H29NO6Si/c1-16(2,3)23-15(20)17-11-9-14(19)22-12(11)10-13(18)21-7-8-24(4,5)6/h11-12H,7-10H2,1-6H3,(H,17,20)/t11-,12?/m0/s1. The first-order chi connectivity index (χ1) is 10.9. The first-order valence-corrected chi connectivity index (χ1v) is 11.9. The average molecular weight is 359 g/mol. The second-order valence-electron chi connectivity index (χ2n) is 8.22. The van der Waals surface area contributed by atoms with Gasteiger partial charge in [0.2, 0.25) is 0 Å². The third-order valence-electron chi connectivity index (χ3n) is 3.30. The highest BCUT2D eigenvalue weighted by atomic mass is 28.3. The molecule has 1 saturated heterocycles. The van der Waals surface area contributed by atoms with Gasteiger partial charge in [-0.25, -0.2) is 4.79 Å². The van der Waals surface area contributed by atoms with Crippen molar-refractivity contribution in [3.8, 4) is 0 Å². The minimum Gasteiger partial charge on any atom is -0.466 e. The zero-order valence-corrected chi connectivity index (χ0v) is 16.4. The van der Waals surface area contributed by atoms with Crippen LogP contribution in [0.25, 0.3) is 0 Å². The van der Waals surface area contributed by atoms with Crippen molar-refractivity contribution in [1.82, 2.24) is 5.32 Å². The number of carbonyl (C=O) groups excluding carboxylic acids is 3. The molecule has 0 bridgehead atoms. The Balaban J connectivity index is 2.48. The molecule has 1 unspecified atom stereocenters. The smallest absolute Gasteiger partial charge is 0.408 e. The van der Waals surface area contributed by atoms with Crippen LogP contribution in [-0.4, -0.2) is 50.5 Å². The minimum atomic E-state index is -1.27. The van der Waals surface area contributed by atoms with Gasteiger partial charge < -0.3 is 19.5 Å². The first kappa shape index (κ1) is 20.5. The Morgan fingerprint density at radius 2 is 1.92 bits per heavy atom. The third-order valence-corrected chi connectivity index (χ3v) is 5.01. The normalized spacial score (nSPS) is 21.2. The molecule has 24 heavy (non-hydrogen) atoms. The van der Waals surface area contributed by atoms with Crippen LogP contribution in [0.5, 0.6) is 0 Å². The van der Waals surface area contributed by atoms with Crippen LogP contribution in [0.1, 0.15) is 33.6 Å². The summed E-state index contributed by atoms with van der Waals surface area (Å²) in [4.78, 5) is 35.2. The molecule has 0 aromatic rings. The average Bonchev–Trinajstić information content (AvgIpc) is 2.64. The maximum absolute atomic E-state index is 11.9. The van der Waals surface area contributed by atoms with Crippen molar-refractivity contribution >= 4 is 26.1 Å². The maximum Gasteiger partial charge on any atom is 0.408 e. The summed E-state index contributed by atoms with van der Waals surface area (Å²) in [5.74, 6) is -0.875. The van der Waals surface area contributed by atoms with E-state index in [2.05, 4.69) is 25.0 Å². The van der Waals surface area contributed by atoms with Gasteiger partial charge in [-0.3, -0.25) is 9.59 Å². The number of hydrogen-bond donors (Lipinski definition) is 1. The highest BCUT2D eigenvalue weighted by Crippen LogP contribution is 2.20. The van der Waals surface area contributed by atoms with E-state index in [0.29, 0.717) is 6.61 Å². The van der Waals surface area contributed by atoms with Crippen LogP contribution in [0, 0.1) is 0 Å². The number of carbonyl (C=O) groups is 3. The third kappa shape index (κ3) is 8.33. The molecule has 1 N–H and O–H groups in total. The molecule has 1 aliphatic heterocycles. The van der Waals surface area contributed by atoms with Gasteiger partial charge in [0, 0.05) is 8.07 Å². The zero-order chi connectivity index (χ0) is 18.5. The van der Waals surface area contributed by atoms with Gasteiger partial charge in [0.25, 0.3) is 0 Å². The molecular weight excluding hydrogens is 330 g/mol. The Hall–Kier alpha value is -1.57. The lowest BCUT2D eigenvalue weighted by Gasteiger charge is -2.23. The minimum absolute atomic E-state index is 0.0199.